The lowest BCUT2D eigenvalue weighted by Gasteiger charge is -2.43. The van der Waals surface area contributed by atoms with Gasteiger partial charge in [-0.2, -0.15) is 0 Å². The Morgan fingerprint density at radius 3 is 2.46 bits per heavy atom. The highest BCUT2D eigenvalue weighted by molar-refractivity contribution is 5.81. The Labute approximate surface area is 157 Å². The van der Waals surface area contributed by atoms with Crippen LogP contribution in [-0.4, -0.2) is 74.8 Å². The number of nitrogens with one attached hydrogen (secondary N) is 3. The van der Waals surface area contributed by atoms with Crippen molar-refractivity contribution < 1.29 is 9.53 Å². The molecule has 0 spiro atoms. The molecule has 2 heterocycles. The fraction of sp³-hybridized carbons (Fsp3) is 0.895. The molecule has 26 heavy (non-hydrogen) atoms. The van der Waals surface area contributed by atoms with Crippen molar-refractivity contribution in [1.82, 2.24) is 20.9 Å². The van der Waals surface area contributed by atoms with Gasteiger partial charge in [-0.3, -0.25) is 14.7 Å². The molecule has 7 heteroatoms. The maximum atomic E-state index is 11.7. The number of amides is 1. The van der Waals surface area contributed by atoms with Crippen molar-refractivity contribution in [2.24, 2.45) is 10.9 Å². The van der Waals surface area contributed by atoms with Crippen molar-refractivity contribution in [2.45, 2.75) is 51.0 Å². The highest BCUT2D eigenvalue weighted by atomic mass is 16.5. The van der Waals surface area contributed by atoms with Crippen LogP contribution in [-0.2, 0) is 9.53 Å². The van der Waals surface area contributed by atoms with Gasteiger partial charge in [0, 0.05) is 44.3 Å². The highest BCUT2D eigenvalue weighted by Crippen LogP contribution is 2.31. The first-order valence-corrected chi connectivity index (χ1v) is 10.4. The lowest BCUT2D eigenvalue weighted by atomic mass is 9.88. The fourth-order valence-corrected chi connectivity index (χ4v) is 3.94. The summed E-state index contributed by atoms with van der Waals surface area (Å²) in [6, 6.07) is 0. The van der Waals surface area contributed by atoms with Crippen LogP contribution in [0, 0.1) is 5.92 Å². The van der Waals surface area contributed by atoms with Crippen molar-refractivity contribution in [1.29, 1.82) is 0 Å². The lowest BCUT2D eigenvalue weighted by Crippen LogP contribution is -2.54. The van der Waals surface area contributed by atoms with Crippen molar-refractivity contribution in [2.75, 3.05) is 52.5 Å². The van der Waals surface area contributed by atoms with Crippen LogP contribution >= 0.6 is 0 Å². The molecule has 3 N–H and O–H groups in total. The lowest BCUT2D eigenvalue weighted by molar-refractivity contribution is -0.122. The molecule has 2 saturated heterocycles. The van der Waals surface area contributed by atoms with Crippen molar-refractivity contribution in [3.8, 4) is 0 Å². The predicted molar refractivity (Wildman–Crippen MR) is 103 cm³/mol. The summed E-state index contributed by atoms with van der Waals surface area (Å²) in [7, 11) is 0. The second kappa shape index (κ2) is 9.55. The number of hydrogen-bond donors (Lipinski definition) is 3. The first kappa shape index (κ1) is 19.4. The van der Waals surface area contributed by atoms with Crippen LogP contribution in [0.3, 0.4) is 0 Å². The molecule has 1 amide bonds. The zero-order valence-electron chi connectivity index (χ0n) is 16.2. The van der Waals surface area contributed by atoms with Gasteiger partial charge in [0.15, 0.2) is 5.96 Å². The third kappa shape index (κ3) is 5.33. The second-order valence-corrected chi connectivity index (χ2v) is 7.72. The van der Waals surface area contributed by atoms with Crippen LogP contribution in [0.2, 0.25) is 0 Å². The molecule has 148 valence electrons. The van der Waals surface area contributed by atoms with E-state index < -0.39 is 0 Å². The molecule has 0 aromatic rings. The van der Waals surface area contributed by atoms with Gasteiger partial charge in [-0.15, -0.1) is 0 Å². The van der Waals surface area contributed by atoms with Gasteiger partial charge < -0.3 is 20.7 Å². The molecular weight excluding hydrogens is 330 g/mol. The summed E-state index contributed by atoms with van der Waals surface area (Å²) >= 11 is 0. The Morgan fingerprint density at radius 1 is 1.12 bits per heavy atom. The minimum Gasteiger partial charge on any atom is -0.381 e. The van der Waals surface area contributed by atoms with Gasteiger partial charge in [-0.1, -0.05) is 0 Å². The molecule has 0 aromatic carbocycles. The first-order valence-electron chi connectivity index (χ1n) is 10.4. The summed E-state index contributed by atoms with van der Waals surface area (Å²) in [5.74, 6) is 1.31. The summed E-state index contributed by atoms with van der Waals surface area (Å²) in [5.41, 5.74) is 0.150. The predicted octanol–water partition coefficient (Wildman–Crippen LogP) is 0.713. The van der Waals surface area contributed by atoms with E-state index in [4.69, 9.17) is 9.73 Å². The van der Waals surface area contributed by atoms with E-state index in [9.17, 15) is 4.79 Å². The molecule has 1 saturated carbocycles. The van der Waals surface area contributed by atoms with E-state index in [0.717, 1.165) is 57.9 Å². The molecular formula is C19H35N5O2. The Morgan fingerprint density at radius 2 is 1.81 bits per heavy atom. The average molecular weight is 366 g/mol. The van der Waals surface area contributed by atoms with Gasteiger partial charge in [0.1, 0.15) is 0 Å². The van der Waals surface area contributed by atoms with E-state index in [1.807, 2.05) is 0 Å². The first-order chi connectivity index (χ1) is 12.7. The average Bonchev–Trinajstić information content (AvgIpc) is 3.37. The summed E-state index contributed by atoms with van der Waals surface area (Å²) in [6.07, 6.45) is 6.81. The van der Waals surface area contributed by atoms with Gasteiger partial charge in [-0.05, 0) is 58.5 Å². The molecule has 3 aliphatic rings. The Hall–Kier alpha value is -1.34. The summed E-state index contributed by atoms with van der Waals surface area (Å²) < 4.78 is 5.62. The maximum Gasteiger partial charge on any atom is 0.223 e. The summed E-state index contributed by atoms with van der Waals surface area (Å²) in [4.78, 5) is 19.2. The number of carbonyl (C=O) groups is 1. The highest BCUT2D eigenvalue weighted by Gasteiger charge is 2.39. The van der Waals surface area contributed by atoms with Crippen LogP contribution in [0.5, 0.6) is 0 Å². The van der Waals surface area contributed by atoms with Crippen molar-refractivity contribution >= 4 is 11.9 Å². The van der Waals surface area contributed by atoms with Crippen LogP contribution < -0.4 is 16.0 Å². The van der Waals surface area contributed by atoms with Crippen LogP contribution in [0.25, 0.3) is 0 Å². The van der Waals surface area contributed by atoms with Gasteiger partial charge >= 0.3 is 0 Å². The van der Waals surface area contributed by atoms with E-state index >= 15 is 0 Å². The van der Waals surface area contributed by atoms with Gasteiger partial charge in [0.05, 0.1) is 6.54 Å². The Kier molecular flexibility index (Phi) is 7.14. The minimum atomic E-state index is 0.150. The number of rotatable bonds is 8. The molecule has 0 unspecified atom stereocenters. The summed E-state index contributed by atoms with van der Waals surface area (Å²) in [5, 5.41) is 9.68. The molecule has 0 atom stereocenters. The second-order valence-electron chi connectivity index (χ2n) is 7.72. The Balaban J connectivity index is 1.51. The zero-order valence-corrected chi connectivity index (χ0v) is 16.2. The maximum absolute atomic E-state index is 11.7. The SMILES string of the molecule is CCNC(=NCC1(N2CCCC2)CCOCC1)NCCNC(=O)C1CC1. The van der Waals surface area contributed by atoms with Gasteiger partial charge in [-0.25, -0.2) is 0 Å². The molecule has 0 bridgehead atoms. The molecule has 1 aliphatic carbocycles. The summed E-state index contributed by atoms with van der Waals surface area (Å²) in [6.45, 7) is 9.11. The number of aliphatic imine (C=N–C) groups is 1. The van der Waals surface area contributed by atoms with E-state index in [-0.39, 0.29) is 17.4 Å². The third-order valence-corrected chi connectivity index (χ3v) is 5.74. The number of ether oxygens (including phenoxy) is 1. The molecule has 0 aromatic heterocycles. The normalized spacial score (nSPS) is 23.7. The van der Waals surface area contributed by atoms with Crippen molar-refractivity contribution in [3.05, 3.63) is 0 Å². The van der Waals surface area contributed by atoms with E-state index in [1.165, 1.54) is 25.9 Å². The van der Waals surface area contributed by atoms with Crippen molar-refractivity contribution in [3.63, 3.8) is 0 Å². The molecule has 2 aliphatic heterocycles. The largest absolute Gasteiger partial charge is 0.381 e. The van der Waals surface area contributed by atoms with Crippen LogP contribution in [0.15, 0.2) is 4.99 Å². The standard InChI is InChI=1S/C19H35N5O2/c1-2-20-18(22-10-9-21-17(25)16-5-6-16)23-15-19(7-13-26-14-8-19)24-11-3-4-12-24/h16H,2-15H2,1H3,(H,21,25)(H2,20,22,23). The number of carbonyl (C=O) groups excluding carboxylic acids is 1. The topological polar surface area (TPSA) is 78.0 Å². The third-order valence-electron chi connectivity index (χ3n) is 5.74. The number of hydrogen-bond acceptors (Lipinski definition) is 4. The number of likely N-dealkylation sites (tertiary alicyclic amines) is 1. The van der Waals surface area contributed by atoms with Gasteiger partial charge in [0.25, 0.3) is 0 Å². The van der Waals surface area contributed by atoms with Gasteiger partial charge in [0.2, 0.25) is 5.91 Å². The van der Waals surface area contributed by atoms with Crippen LogP contribution in [0.1, 0.15) is 45.4 Å². The molecule has 3 fully saturated rings. The molecule has 3 rings (SSSR count). The molecule has 0 radical (unpaired) electrons. The Bertz CT molecular complexity index is 480. The smallest absolute Gasteiger partial charge is 0.223 e. The van der Waals surface area contributed by atoms with E-state index in [1.54, 1.807) is 0 Å². The fourth-order valence-electron chi connectivity index (χ4n) is 3.94. The monoisotopic (exact) mass is 365 g/mol. The number of nitrogens with zero attached hydrogens (tertiary/aromatic N) is 2. The quantitative estimate of drug-likeness (QED) is 0.336. The molecule has 7 nitrogen and oxygen atoms in total. The minimum absolute atomic E-state index is 0.150. The zero-order chi connectivity index (χ0) is 18.2. The van der Waals surface area contributed by atoms with E-state index in [2.05, 4.69) is 27.8 Å². The number of guanidine groups is 1. The van der Waals surface area contributed by atoms with E-state index in [0.29, 0.717) is 13.1 Å². The van der Waals surface area contributed by atoms with Crippen LogP contribution in [0.4, 0.5) is 0 Å².